The molecule has 0 aromatic carbocycles. The number of amides is 2. The number of ether oxygens (including phenoxy) is 11. The molecule has 0 radical (unpaired) electrons. The fraction of sp³-hybridized carbons (Fsp3) is 0.788. The first-order valence-corrected chi connectivity index (χ1v) is 17.1. The first kappa shape index (κ1) is 42.8. The van der Waals surface area contributed by atoms with Crippen molar-refractivity contribution in [3.63, 3.8) is 0 Å². The summed E-state index contributed by atoms with van der Waals surface area (Å²) in [6, 6.07) is 0. The summed E-state index contributed by atoms with van der Waals surface area (Å²) in [6.07, 6.45) is 7.00. The van der Waals surface area contributed by atoms with Gasteiger partial charge >= 0.3 is 0 Å². The molecule has 0 atom stereocenters. The second kappa shape index (κ2) is 31.6. The number of imide groups is 1. The van der Waals surface area contributed by atoms with Crippen LogP contribution in [0.15, 0.2) is 24.7 Å². The second-order valence-electron chi connectivity index (χ2n) is 10.4. The number of rotatable bonds is 37. The molecule has 0 N–H and O–H groups in total. The zero-order valence-electron chi connectivity index (χ0n) is 29.1. The monoisotopic (exact) mass is 703 g/mol. The van der Waals surface area contributed by atoms with Crippen molar-refractivity contribution in [1.29, 1.82) is 0 Å². The van der Waals surface area contributed by atoms with E-state index in [4.69, 9.17) is 52.1 Å². The van der Waals surface area contributed by atoms with Gasteiger partial charge in [0, 0.05) is 31.5 Å². The van der Waals surface area contributed by atoms with Crippen molar-refractivity contribution in [2.75, 3.05) is 145 Å². The Morgan fingerprint density at radius 1 is 0.469 bits per heavy atom. The number of aromatic nitrogens is 2. The van der Waals surface area contributed by atoms with E-state index in [1.807, 2.05) is 4.57 Å². The van der Waals surface area contributed by atoms with E-state index in [1.165, 1.54) is 12.2 Å². The van der Waals surface area contributed by atoms with Crippen LogP contribution in [0.1, 0.15) is 19.0 Å². The number of imidazole rings is 1. The van der Waals surface area contributed by atoms with E-state index in [0.717, 1.165) is 17.9 Å². The Morgan fingerprint density at radius 2 is 0.776 bits per heavy atom. The van der Waals surface area contributed by atoms with Crippen LogP contribution in [0.4, 0.5) is 0 Å². The molecule has 1 aromatic rings. The molecule has 49 heavy (non-hydrogen) atoms. The summed E-state index contributed by atoms with van der Waals surface area (Å²) in [5.41, 5.74) is 0.644. The topological polar surface area (TPSA) is 157 Å². The third kappa shape index (κ3) is 24.4. The highest BCUT2D eigenvalue weighted by Gasteiger charge is 2.24. The zero-order valence-corrected chi connectivity index (χ0v) is 29.1. The standard InChI is InChI=1S/C33H57N3O13/c1-2-6-39-8-10-41-12-14-43-16-18-45-20-22-47-24-26-49-27-25-48-23-21-46-19-17-44-15-13-42-11-9-40-7-5-35-28-31(34-30-35)29-36-32(37)3-4-33(36)38/h3-4,28,30H,2,5-27,29H2,1H3. The van der Waals surface area contributed by atoms with E-state index < -0.39 is 0 Å². The van der Waals surface area contributed by atoms with E-state index in [0.29, 0.717) is 151 Å². The molecule has 2 amide bonds. The first-order valence-electron chi connectivity index (χ1n) is 17.1. The van der Waals surface area contributed by atoms with Crippen molar-refractivity contribution in [2.24, 2.45) is 0 Å². The quantitative estimate of drug-likeness (QED) is 0.0712. The first-order chi connectivity index (χ1) is 24.2. The van der Waals surface area contributed by atoms with Gasteiger partial charge in [-0.25, -0.2) is 4.98 Å². The minimum atomic E-state index is -0.320. The lowest BCUT2D eigenvalue weighted by atomic mass is 10.4. The Morgan fingerprint density at radius 3 is 1.10 bits per heavy atom. The molecule has 16 nitrogen and oxygen atoms in total. The molecule has 2 rings (SSSR count). The average molecular weight is 704 g/mol. The van der Waals surface area contributed by atoms with E-state index in [9.17, 15) is 9.59 Å². The van der Waals surface area contributed by atoms with Gasteiger partial charge in [0.1, 0.15) is 0 Å². The van der Waals surface area contributed by atoms with Crippen LogP contribution in [0.25, 0.3) is 0 Å². The fourth-order valence-electron chi connectivity index (χ4n) is 3.97. The van der Waals surface area contributed by atoms with Gasteiger partial charge in [-0.1, -0.05) is 6.92 Å². The highest BCUT2D eigenvalue weighted by atomic mass is 16.6. The summed E-state index contributed by atoms with van der Waals surface area (Å²) >= 11 is 0. The number of nitrogens with zero attached hydrogens (tertiary/aromatic N) is 3. The maximum atomic E-state index is 11.6. The van der Waals surface area contributed by atoms with Crippen LogP contribution >= 0.6 is 0 Å². The lowest BCUT2D eigenvalue weighted by Gasteiger charge is -2.11. The molecule has 0 bridgehead atoms. The van der Waals surface area contributed by atoms with Crippen molar-refractivity contribution in [3.05, 3.63) is 30.4 Å². The van der Waals surface area contributed by atoms with Crippen molar-refractivity contribution >= 4 is 11.8 Å². The van der Waals surface area contributed by atoms with Crippen LogP contribution in [0.3, 0.4) is 0 Å². The maximum absolute atomic E-state index is 11.6. The number of hydrogen-bond donors (Lipinski definition) is 0. The summed E-state index contributed by atoms with van der Waals surface area (Å²) in [5.74, 6) is -0.641. The van der Waals surface area contributed by atoms with Gasteiger partial charge in [0.2, 0.25) is 0 Å². The predicted molar refractivity (Wildman–Crippen MR) is 176 cm³/mol. The summed E-state index contributed by atoms with van der Waals surface area (Å²) in [7, 11) is 0. The van der Waals surface area contributed by atoms with Gasteiger partial charge in [-0.05, 0) is 6.42 Å². The predicted octanol–water partition coefficient (Wildman–Crippen LogP) is 0.901. The fourth-order valence-corrected chi connectivity index (χ4v) is 3.97. The molecule has 1 aliphatic heterocycles. The Bertz CT molecular complexity index is 948. The Labute approximate surface area is 290 Å². The highest BCUT2D eigenvalue weighted by molar-refractivity contribution is 6.12. The lowest BCUT2D eigenvalue weighted by Crippen LogP contribution is -2.29. The van der Waals surface area contributed by atoms with E-state index in [-0.39, 0.29) is 18.4 Å². The van der Waals surface area contributed by atoms with Crippen LogP contribution in [0.2, 0.25) is 0 Å². The van der Waals surface area contributed by atoms with Gasteiger partial charge in [-0.3, -0.25) is 14.5 Å². The molecular weight excluding hydrogens is 646 g/mol. The van der Waals surface area contributed by atoms with Crippen molar-refractivity contribution in [1.82, 2.24) is 14.5 Å². The summed E-state index contributed by atoms with van der Waals surface area (Å²) in [4.78, 5) is 28.7. The van der Waals surface area contributed by atoms with Gasteiger partial charge < -0.3 is 56.7 Å². The van der Waals surface area contributed by atoms with Crippen LogP contribution in [-0.2, 0) is 74.8 Å². The second-order valence-corrected chi connectivity index (χ2v) is 10.4. The van der Waals surface area contributed by atoms with Crippen LogP contribution in [-0.4, -0.2) is 172 Å². The molecule has 0 unspecified atom stereocenters. The molecular formula is C33H57N3O13. The summed E-state index contributed by atoms with van der Waals surface area (Å²) in [6.45, 7) is 14.3. The maximum Gasteiger partial charge on any atom is 0.253 e. The van der Waals surface area contributed by atoms with Crippen molar-refractivity contribution < 1.29 is 61.7 Å². The van der Waals surface area contributed by atoms with E-state index in [1.54, 1.807) is 12.5 Å². The van der Waals surface area contributed by atoms with Crippen LogP contribution < -0.4 is 0 Å². The summed E-state index contributed by atoms with van der Waals surface area (Å²) < 4.78 is 62.0. The molecule has 0 saturated heterocycles. The normalized spacial score (nSPS) is 13.0. The Balaban J connectivity index is 1.18. The number of hydrogen-bond acceptors (Lipinski definition) is 14. The third-order valence-electron chi connectivity index (χ3n) is 6.47. The van der Waals surface area contributed by atoms with Crippen LogP contribution in [0, 0.1) is 0 Å². The van der Waals surface area contributed by atoms with Gasteiger partial charge in [0.15, 0.2) is 0 Å². The van der Waals surface area contributed by atoms with E-state index >= 15 is 0 Å². The van der Waals surface area contributed by atoms with Crippen molar-refractivity contribution in [2.45, 2.75) is 26.4 Å². The third-order valence-corrected chi connectivity index (χ3v) is 6.47. The molecule has 0 saturated carbocycles. The Hall–Kier alpha value is -2.35. The lowest BCUT2D eigenvalue weighted by molar-refractivity contribution is -0.137. The average Bonchev–Trinajstić information content (AvgIpc) is 3.69. The molecule has 0 spiro atoms. The molecule has 1 aliphatic rings. The highest BCUT2D eigenvalue weighted by Crippen LogP contribution is 2.09. The SMILES string of the molecule is CCCOCCOCCOCCOCCOCCOCCOCCOCCOCCOCCOCCn1cnc(CN2C(=O)C=CC2=O)c1. The Kier molecular flexibility index (Phi) is 27.6. The molecule has 0 aliphatic carbocycles. The molecule has 2 heterocycles. The minimum Gasteiger partial charge on any atom is -0.379 e. The van der Waals surface area contributed by atoms with Crippen LogP contribution in [0.5, 0.6) is 0 Å². The van der Waals surface area contributed by atoms with E-state index in [2.05, 4.69) is 11.9 Å². The molecule has 16 heteroatoms. The summed E-state index contributed by atoms with van der Waals surface area (Å²) in [5, 5.41) is 0. The zero-order chi connectivity index (χ0) is 34.9. The van der Waals surface area contributed by atoms with Gasteiger partial charge in [-0.2, -0.15) is 0 Å². The van der Waals surface area contributed by atoms with Crippen molar-refractivity contribution in [3.8, 4) is 0 Å². The number of carbonyl (C=O) groups is 2. The molecule has 0 fully saturated rings. The molecule has 1 aromatic heterocycles. The number of carbonyl (C=O) groups excluding carboxylic acids is 2. The van der Waals surface area contributed by atoms with Gasteiger partial charge in [0.25, 0.3) is 11.8 Å². The van der Waals surface area contributed by atoms with Gasteiger partial charge in [-0.15, -0.1) is 0 Å². The smallest absolute Gasteiger partial charge is 0.253 e. The minimum absolute atomic E-state index is 0.160. The molecule has 282 valence electrons. The largest absolute Gasteiger partial charge is 0.379 e. The van der Waals surface area contributed by atoms with Gasteiger partial charge in [0.05, 0.1) is 157 Å².